The van der Waals surface area contributed by atoms with Crippen molar-refractivity contribution < 1.29 is 9.13 Å². The molecule has 0 radical (unpaired) electrons. The minimum atomic E-state index is -0.327. The van der Waals surface area contributed by atoms with Crippen molar-refractivity contribution >= 4 is 29.9 Å². The molecular formula is C18H25FIN5O. The van der Waals surface area contributed by atoms with E-state index >= 15 is 0 Å². The summed E-state index contributed by atoms with van der Waals surface area (Å²) in [5.41, 5.74) is 1.79. The zero-order chi connectivity index (χ0) is 17.6. The molecule has 0 saturated heterocycles. The summed E-state index contributed by atoms with van der Waals surface area (Å²) in [4.78, 5) is 4.19. The van der Waals surface area contributed by atoms with E-state index in [9.17, 15) is 4.39 Å². The third-order valence-corrected chi connectivity index (χ3v) is 4.21. The average molecular weight is 473 g/mol. The van der Waals surface area contributed by atoms with E-state index in [4.69, 9.17) is 4.74 Å². The molecule has 6 nitrogen and oxygen atoms in total. The lowest BCUT2D eigenvalue weighted by molar-refractivity contribution is 0.285. The number of H-pyrrole nitrogens is 1. The maximum atomic E-state index is 14.2. The smallest absolute Gasteiger partial charge is 0.191 e. The maximum Gasteiger partial charge on any atom is 0.191 e. The molecule has 8 heteroatoms. The molecule has 3 rings (SSSR count). The van der Waals surface area contributed by atoms with Crippen LogP contribution in [0, 0.1) is 11.7 Å². The van der Waals surface area contributed by atoms with E-state index in [2.05, 4.69) is 25.8 Å². The van der Waals surface area contributed by atoms with Crippen LogP contribution in [-0.4, -0.2) is 29.8 Å². The first-order chi connectivity index (χ1) is 12.2. The SMILES string of the molecule is CN=C(NCc1ccn[nH]1)NC(C)c1ccc(OCC2CC2)c(F)c1.I. The molecule has 1 aliphatic carbocycles. The van der Waals surface area contributed by atoms with Gasteiger partial charge in [0.05, 0.1) is 24.9 Å². The first-order valence-corrected chi connectivity index (χ1v) is 8.53. The molecular weight excluding hydrogens is 448 g/mol. The lowest BCUT2D eigenvalue weighted by atomic mass is 10.1. The van der Waals surface area contributed by atoms with E-state index in [0.29, 0.717) is 30.8 Å². The van der Waals surface area contributed by atoms with Crippen molar-refractivity contribution in [2.75, 3.05) is 13.7 Å². The molecule has 3 N–H and O–H groups in total. The minimum absolute atomic E-state index is 0. The normalized spacial score (nSPS) is 15.1. The van der Waals surface area contributed by atoms with Crippen LogP contribution in [0.4, 0.5) is 4.39 Å². The van der Waals surface area contributed by atoms with Gasteiger partial charge in [-0.1, -0.05) is 6.07 Å². The number of ether oxygens (including phenoxy) is 1. The summed E-state index contributed by atoms with van der Waals surface area (Å²) in [6.07, 6.45) is 4.07. The number of aromatic nitrogens is 2. The first kappa shape index (κ1) is 20.5. The Kier molecular flexibility index (Phi) is 7.67. The average Bonchev–Trinajstić information content (AvgIpc) is 3.30. The molecule has 0 bridgehead atoms. The highest BCUT2D eigenvalue weighted by molar-refractivity contribution is 14.0. The Morgan fingerprint density at radius 3 is 2.85 bits per heavy atom. The zero-order valence-electron chi connectivity index (χ0n) is 15.0. The summed E-state index contributed by atoms with van der Waals surface area (Å²) in [7, 11) is 1.70. The summed E-state index contributed by atoms with van der Waals surface area (Å²) < 4.78 is 19.8. The zero-order valence-corrected chi connectivity index (χ0v) is 17.3. The monoisotopic (exact) mass is 473 g/mol. The van der Waals surface area contributed by atoms with Crippen LogP contribution in [0.1, 0.15) is 37.1 Å². The van der Waals surface area contributed by atoms with Crippen LogP contribution >= 0.6 is 24.0 Å². The number of hydrogen-bond donors (Lipinski definition) is 3. The second-order valence-corrected chi connectivity index (χ2v) is 6.32. The Balaban J connectivity index is 0.00000243. The van der Waals surface area contributed by atoms with E-state index in [1.807, 2.05) is 19.1 Å². The number of benzene rings is 1. The van der Waals surface area contributed by atoms with Crippen molar-refractivity contribution in [3.05, 3.63) is 47.5 Å². The van der Waals surface area contributed by atoms with Crippen LogP contribution in [-0.2, 0) is 6.54 Å². The molecule has 1 fully saturated rings. The number of rotatable bonds is 7. The summed E-state index contributed by atoms with van der Waals surface area (Å²) in [5.74, 6) is 1.23. The van der Waals surface area contributed by atoms with E-state index < -0.39 is 0 Å². The van der Waals surface area contributed by atoms with Gasteiger partial charge in [0.15, 0.2) is 17.5 Å². The largest absolute Gasteiger partial charge is 0.490 e. The third kappa shape index (κ3) is 5.86. The molecule has 1 unspecified atom stereocenters. The molecule has 1 atom stereocenters. The molecule has 0 amide bonds. The van der Waals surface area contributed by atoms with Gasteiger partial charge >= 0.3 is 0 Å². The lowest BCUT2D eigenvalue weighted by Gasteiger charge is -2.18. The van der Waals surface area contributed by atoms with Gasteiger partial charge in [-0.2, -0.15) is 5.10 Å². The standard InChI is InChI=1S/C18H24FN5O.HI/c1-12(23-18(20-2)21-10-15-7-8-22-24-15)14-5-6-17(16(19)9-14)25-11-13-3-4-13;/h5-9,12-13H,3-4,10-11H2,1-2H3,(H,22,24)(H2,20,21,23);1H. The fraction of sp³-hybridized carbons (Fsp3) is 0.444. The summed E-state index contributed by atoms with van der Waals surface area (Å²) >= 11 is 0. The van der Waals surface area contributed by atoms with Crippen LogP contribution in [0.25, 0.3) is 0 Å². The molecule has 0 aliphatic heterocycles. The van der Waals surface area contributed by atoms with Crippen molar-refractivity contribution in [2.24, 2.45) is 10.9 Å². The van der Waals surface area contributed by atoms with Crippen molar-refractivity contribution in [1.82, 2.24) is 20.8 Å². The Morgan fingerprint density at radius 2 is 2.23 bits per heavy atom. The quantitative estimate of drug-likeness (QED) is 0.328. The Hall–Kier alpha value is -1.84. The molecule has 0 spiro atoms. The molecule has 26 heavy (non-hydrogen) atoms. The van der Waals surface area contributed by atoms with Crippen molar-refractivity contribution in [3.63, 3.8) is 0 Å². The second-order valence-electron chi connectivity index (χ2n) is 6.32. The molecule has 1 aromatic heterocycles. The topological polar surface area (TPSA) is 74.3 Å². The van der Waals surface area contributed by atoms with Crippen molar-refractivity contribution in [2.45, 2.75) is 32.4 Å². The lowest BCUT2D eigenvalue weighted by Crippen LogP contribution is -2.38. The highest BCUT2D eigenvalue weighted by Crippen LogP contribution is 2.30. The van der Waals surface area contributed by atoms with Gasteiger partial charge in [0, 0.05) is 13.2 Å². The van der Waals surface area contributed by atoms with Gasteiger partial charge < -0.3 is 15.4 Å². The predicted molar refractivity (Wildman–Crippen MR) is 110 cm³/mol. The summed E-state index contributed by atoms with van der Waals surface area (Å²) in [6, 6.07) is 6.89. The summed E-state index contributed by atoms with van der Waals surface area (Å²) in [5, 5.41) is 13.2. The fourth-order valence-electron chi connectivity index (χ4n) is 2.44. The number of aliphatic imine (C=N–C) groups is 1. The van der Waals surface area contributed by atoms with Gasteiger partial charge in [-0.3, -0.25) is 10.1 Å². The first-order valence-electron chi connectivity index (χ1n) is 8.53. The molecule has 2 aromatic rings. The Bertz CT molecular complexity index is 718. The van der Waals surface area contributed by atoms with Crippen LogP contribution in [0.15, 0.2) is 35.5 Å². The van der Waals surface area contributed by atoms with Crippen molar-refractivity contribution in [3.8, 4) is 5.75 Å². The fourth-order valence-corrected chi connectivity index (χ4v) is 2.44. The number of nitrogens with one attached hydrogen (secondary N) is 3. The van der Waals surface area contributed by atoms with E-state index in [1.54, 1.807) is 19.3 Å². The van der Waals surface area contributed by atoms with Gasteiger partial charge in [0.2, 0.25) is 0 Å². The van der Waals surface area contributed by atoms with Gasteiger partial charge in [-0.25, -0.2) is 4.39 Å². The summed E-state index contributed by atoms with van der Waals surface area (Å²) in [6.45, 7) is 3.14. The Morgan fingerprint density at radius 1 is 1.42 bits per heavy atom. The van der Waals surface area contributed by atoms with Crippen LogP contribution < -0.4 is 15.4 Å². The number of nitrogens with zero attached hydrogens (tertiary/aromatic N) is 2. The molecule has 1 saturated carbocycles. The number of hydrogen-bond acceptors (Lipinski definition) is 3. The second kappa shape index (κ2) is 9.75. The molecule has 142 valence electrons. The van der Waals surface area contributed by atoms with E-state index in [1.165, 1.54) is 18.9 Å². The van der Waals surface area contributed by atoms with Gasteiger partial charge in [-0.15, -0.1) is 24.0 Å². The van der Waals surface area contributed by atoms with Gasteiger partial charge in [0.25, 0.3) is 0 Å². The van der Waals surface area contributed by atoms with Crippen LogP contribution in [0.2, 0.25) is 0 Å². The number of aromatic amines is 1. The van der Waals surface area contributed by atoms with Gasteiger partial charge in [-0.05, 0) is 49.4 Å². The predicted octanol–water partition coefficient (Wildman–Crippen LogP) is 3.38. The maximum absolute atomic E-state index is 14.2. The number of guanidine groups is 1. The van der Waals surface area contributed by atoms with Crippen LogP contribution in [0.5, 0.6) is 5.75 Å². The number of halogens is 2. The Labute approximate surface area is 170 Å². The van der Waals surface area contributed by atoms with E-state index in [0.717, 1.165) is 11.3 Å². The molecule has 1 aromatic carbocycles. The van der Waals surface area contributed by atoms with Crippen LogP contribution in [0.3, 0.4) is 0 Å². The third-order valence-electron chi connectivity index (χ3n) is 4.21. The van der Waals surface area contributed by atoms with Gasteiger partial charge in [0.1, 0.15) is 0 Å². The minimum Gasteiger partial charge on any atom is -0.490 e. The van der Waals surface area contributed by atoms with Crippen molar-refractivity contribution in [1.29, 1.82) is 0 Å². The molecule has 1 aliphatic rings. The molecule has 1 heterocycles. The van der Waals surface area contributed by atoms with E-state index in [-0.39, 0.29) is 35.8 Å². The highest BCUT2D eigenvalue weighted by atomic mass is 127. The highest BCUT2D eigenvalue weighted by Gasteiger charge is 2.22.